The number of aryl methyl sites for hydroxylation is 2. The Labute approximate surface area is 184 Å². The second kappa shape index (κ2) is 8.77. The first-order chi connectivity index (χ1) is 15.0. The molecule has 4 rings (SSSR count). The number of amides is 1. The molecule has 7 nitrogen and oxygen atoms in total. The molecule has 0 aliphatic heterocycles. The Morgan fingerprint density at radius 1 is 1.03 bits per heavy atom. The zero-order valence-electron chi connectivity index (χ0n) is 17.6. The maximum absolute atomic E-state index is 13.0. The van der Waals surface area contributed by atoms with Gasteiger partial charge in [-0.25, -0.2) is 0 Å². The molecule has 31 heavy (non-hydrogen) atoms. The van der Waals surface area contributed by atoms with Crippen molar-refractivity contribution in [3.63, 3.8) is 0 Å². The molecule has 0 spiro atoms. The molecule has 158 valence electrons. The van der Waals surface area contributed by atoms with E-state index in [-0.39, 0.29) is 22.4 Å². The van der Waals surface area contributed by atoms with Gasteiger partial charge in [0.1, 0.15) is 0 Å². The summed E-state index contributed by atoms with van der Waals surface area (Å²) in [5.74, 6) is -0.0979. The van der Waals surface area contributed by atoms with Crippen molar-refractivity contribution in [1.82, 2.24) is 19.2 Å². The highest BCUT2D eigenvalue weighted by atomic mass is 32.2. The van der Waals surface area contributed by atoms with Gasteiger partial charge >= 0.3 is 5.56 Å². The zero-order valence-corrected chi connectivity index (χ0v) is 18.4. The highest BCUT2D eigenvalue weighted by Crippen LogP contribution is 2.27. The van der Waals surface area contributed by atoms with Gasteiger partial charge in [-0.2, -0.15) is 0 Å². The quantitative estimate of drug-likeness (QED) is 0.465. The van der Waals surface area contributed by atoms with Crippen LogP contribution in [0.4, 0.5) is 5.69 Å². The SMILES string of the molecule is CC[C@@H](Sc1nnc2c(=O)n(-c3ccccc3)ccn12)C(=O)Nc1c(C)cccc1C. The monoisotopic (exact) mass is 433 g/mol. The Balaban J connectivity index is 1.60. The Bertz CT molecular complexity index is 1280. The Hall–Kier alpha value is -3.39. The number of benzene rings is 2. The van der Waals surface area contributed by atoms with E-state index in [1.165, 1.54) is 16.3 Å². The number of hydrogen-bond acceptors (Lipinski definition) is 5. The average molecular weight is 434 g/mol. The molecule has 0 saturated carbocycles. The van der Waals surface area contributed by atoms with Crippen LogP contribution < -0.4 is 10.9 Å². The molecule has 0 saturated heterocycles. The van der Waals surface area contributed by atoms with Crippen LogP contribution in [0.25, 0.3) is 11.3 Å². The highest BCUT2D eigenvalue weighted by molar-refractivity contribution is 8.00. The van der Waals surface area contributed by atoms with E-state index in [4.69, 9.17) is 0 Å². The molecule has 0 aliphatic carbocycles. The predicted molar refractivity (Wildman–Crippen MR) is 123 cm³/mol. The maximum atomic E-state index is 13.0. The normalized spacial score (nSPS) is 12.1. The smallest absolute Gasteiger partial charge is 0.300 e. The van der Waals surface area contributed by atoms with Crippen molar-refractivity contribution in [2.75, 3.05) is 5.32 Å². The summed E-state index contributed by atoms with van der Waals surface area (Å²) in [4.78, 5) is 25.9. The summed E-state index contributed by atoms with van der Waals surface area (Å²) in [7, 11) is 0. The van der Waals surface area contributed by atoms with Crippen LogP contribution in [-0.4, -0.2) is 30.3 Å². The number of rotatable bonds is 6. The summed E-state index contributed by atoms with van der Waals surface area (Å²) in [6.07, 6.45) is 4.05. The van der Waals surface area contributed by atoms with Crippen LogP contribution in [0, 0.1) is 13.8 Å². The van der Waals surface area contributed by atoms with Crippen molar-refractivity contribution >= 4 is 29.0 Å². The summed E-state index contributed by atoms with van der Waals surface area (Å²) in [6, 6.07) is 15.3. The number of aromatic nitrogens is 4. The third-order valence-corrected chi connectivity index (χ3v) is 6.44. The summed E-state index contributed by atoms with van der Waals surface area (Å²) in [6.45, 7) is 5.90. The van der Waals surface area contributed by atoms with Crippen LogP contribution in [0.15, 0.2) is 70.9 Å². The first kappa shape index (κ1) is 20.9. The van der Waals surface area contributed by atoms with Crippen LogP contribution in [0.1, 0.15) is 24.5 Å². The lowest BCUT2D eigenvalue weighted by Crippen LogP contribution is -2.26. The van der Waals surface area contributed by atoms with Crippen molar-refractivity contribution in [1.29, 1.82) is 0 Å². The molecule has 1 N–H and O–H groups in total. The molecule has 2 aromatic carbocycles. The number of para-hydroxylation sites is 2. The third-order valence-electron chi connectivity index (χ3n) is 5.11. The van der Waals surface area contributed by atoms with E-state index < -0.39 is 0 Å². The lowest BCUT2D eigenvalue weighted by molar-refractivity contribution is -0.115. The minimum absolute atomic E-state index is 0.0979. The topological polar surface area (TPSA) is 81.3 Å². The first-order valence-corrected chi connectivity index (χ1v) is 10.9. The Kier molecular flexibility index (Phi) is 5.90. The minimum atomic E-state index is -0.372. The van der Waals surface area contributed by atoms with Crippen LogP contribution >= 0.6 is 11.8 Å². The van der Waals surface area contributed by atoms with E-state index in [9.17, 15) is 9.59 Å². The van der Waals surface area contributed by atoms with Gasteiger partial charge in [-0.3, -0.25) is 18.6 Å². The Morgan fingerprint density at radius 2 is 1.74 bits per heavy atom. The van der Waals surface area contributed by atoms with Gasteiger partial charge in [0.25, 0.3) is 0 Å². The molecule has 2 heterocycles. The van der Waals surface area contributed by atoms with E-state index in [1.807, 2.05) is 69.3 Å². The number of thioether (sulfide) groups is 1. The van der Waals surface area contributed by atoms with E-state index in [0.717, 1.165) is 22.5 Å². The molecule has 0 aliphatic rings. The number of nitrogens with zero attached hydrogens (tertiary/aromatic N) is 4. The van der Waals surface area contributed by atoms with E-state index in [1.54, 1.807) is 16.8 Å². The van der Waals surface area contributed by atoms with E-state index in [2.05, 4.69) is 15.5 Å². The number of fused-ring (bicyclic) bond motifs is 1. The van der Waals surface area contributed by atoms with Gasteiger partial charge in [0.2, 0.25) is 11.6 Å². The summed E-state index contributed by atoms with van der Waals surface area (Å²) < 4.78 is 3.17. The van der Waals surface area contributed by atoms with Crippen molar-refractivity contribution < 1.29 is 4.79 Å². The standard InChI is InChI=1S/C23H23N5O2S/c1-4-18(21(29)24-19-15(2)9-8-10-16(19)3)31-23-26-25-20-22(30)27(13-14-28(20)23)17-11-6-5-7-12-17/h5-14,18H,4H2,1-3H3,(H,24,29)/t18-/m1/s1. The van der Waals surface area contributed by atoms with Gasteiger partial charge in [0, 0.05) is 23.8 Å². The zero-order chi connectivity index (χ0) is 22.0. The molecule has 1 atom stereocenters. The van der Waals surface area contributed by atoms with Gasteiger partial charge in [-0.1, -0.05) is 55.1 Å². The molecule has 0 radical (unpaired) electrons. The number of carbonyl (C=O) groups is 1. The van der Waals surface area contributed by atoms with Crippen molar-refractivity contribution in [3.05, 3.63) is 82.4 Å². The van der Waals surface area contributed by atoms with Crippen LogP contribution in [0.2, 0.25) is 0 Å². The lowest BCUT2D eigenvalue weighted by atomic mass is 10.1. The molecule has 0 bridgehead atoms. The molecular weight excluding hydrogens is 410 g/mol. The van der Waals surface area contributed by atoms with Crippen molar-refractivity contribution in [2.24, 2.45) is 0 Å². The number of carbonyl (C=O) groups excluding carboxylic acids is 1. The summed E-state index contributed by atoms with van der Waals surface area (Å²) in [5, 5.41) is 11.5. The average Bonchev–Trinajstić information content (AvgIpc) is 3.19. The largest absolute Gasteiger partial charge is 0.325 e. The van der Waals surface area contributed by atoms with Gasteiger partial charge in [0.15, 0.2) is 5.16 Å². The fourth-order valence-electron chi connectivity index (χ4n) is 3.40. The van der Waals surface area contributed by atoms with Gasteiger partial charge in [0.05, 0.1) is 5.25 Å². The fourth-order valence-corrected chi connectivity index (χ4v) is 4.34. The first-order valence-electron chi connectivity index (χ1n) is 10.0. The number of nitrogens with one attached hydrogen (secondary N) is 1. The molecule has 2 aromatic heterocycles. The highest BCUT2D eigenvalue weighted by Gasteiger charge is 2.23. The van der Waals surface area contributed by atoms with Crippen molar-refractivity contribution in [3.8, 4) is 5.69 Å². The Morgan fingerprint density at radius 3 is 2.42 bits per heavy atom. The molecule has 1 amide bonds. The maximum Gasteiger partial charge on any atom is 0.300 e. The van der Waals surface area contributed by atoms with Crippen LogP contribution in [0.5, 0.6) is 0 Å². The van der Waals surface area contributed by atoms with Gasteiger partial charge < -0.3 is 5.32 Å². The molecule has 8 heteroatoms. The second-order valence-corrected chi connectivity index (χ2v) is 8.43. The van der Waals surface area contributed by atoms with Crippen LogP contribution in [-0.2, 0) is 4.79 Å². The molecule has 4 aromatic rings. The van der Waals surface area contributed by atoms with Crippen LogP contribution in [0.3, 0.4) is 0 Å². The van der Waals surface area contributed by atoms with E-state index >= 15 is 0 Å². The molecule has 0 fully saturated rings. The molecule has 0 unspecified atom stereocenters. The van der Waals surface area contributed by atoms with Crippen molar-refractivity contribution in [2.45, 2.75) is 37.6 Å². The number of anilines is 1. The summed E-state index contributed by atoms with van der Waals surface area (Å²) >= 11 is 1.30. The lowest BCUT2D eigenvalue weighted by Gasteiger charge is -2.16. The van der Waals surface area contributed by atoms with Gasteiger partial charge in [-0.15, -0.1) is 10.2 Å². The molecular formula is C23H23N5O2S. The number of hydrogen-bond donors (Lipinski definition) is 1. The van der Waals surface area contributed by atoms with Gasteiger partial charge in [-0.05, 0) is 43.5 Å². The minimum Gasteiger partial charge on any atom is -0.325 e. The van der Waals surface area contributed by atoms with E-state index in [0.29, 0.717) is 11.6 Å². The summed E-state index contributed by atoms with van der Waals surface area (Å²) in [5.41, 5.74) is 3.58. The predicted octanol–water partition coefficient (Wildman–Crippen LogP) is 4.01. The second-order valence-electron chi connectivity index (χ2n) is 7.26. The third kappa shape index (κ3) is 4.11. The fraction of sp³-hybridized carbons (Fsp3) is 0.217.